The maximum absolute atomic E-state index is 5.13. The molecule has 0 saturated heterocycles. The van der Waals surface area contributed by atoms with Gasteiger partial charge < -0.3 is 4.74 Å². The monoisotopic (exact) mass is 278 g/mol. The average Bonchev–Trinajstić information content (AvgIpc) is 1.96. The highest BCUT2D eigenvalue weighted by Gasteiger charge is 2.03. The summed E-state index contributed by atoms with van der Waals surface area (Å²) in [6.07, 6.45) is 0. The first-order valence-electron chi connectivity index (χ1n) is 3.15. The lowest BCUT2D eigenvalue weighted by atomic mass is 10.2. The van der Waals surface area contributed by atoms with Crippen LogP contribution in [0.25, 0.3) is 0 Å². The first kappa shape index (κ1) is 9.07. The Balaban J connectivity index is 3.24. The van der Waals surface area contributed by atoms with Crippen molar-refractivity contribution in [3.8, 4) is 5.75 Å². The van der Waals surface area contributed by atoms with Gasteiger partial charge in [-0.25, -0.2) is 0 Å². The third-order valence-corrected chi connectivity index (χ3v) is 3.33. The van der Waals surface area contributed by atoms with Crippen LogP contribution in [0.15, 0.2) is 21.1 Å². The number of hydrogen-bond donors (Lipinski definition) is 0. The van der Waals surface area contributed by atoms with Gasteiger partial charge in [0.05, 0.1) is 11.6 Å². The predicted molar refractivity (Wildman–Crippen MR) is 53.1 cm³/mol. The van der Waals surface area contributed by atoms with Crippen LogP contribution in [-0.2, 0) is 0 Å². The van der Waals surface area contributed by atoms with Crippen molar-refractivity contribution in [1.29, 1.82) is 0 Å². The van der Waals surface area contributed by atoms with Gasteiger partial charge in [-0.1, -0.05) is 0 Å². The second-order valence-corrected chi connectivity index (χ2v) is 3.91. The molecule has 0 fully saturated rings. The molecule has 1 rings (SSSR count). The number of methoxy groups -OCH3 is 1. The van der Waals surface area contributed by atoms with Gasteiger partial charge >= 0.3 is 0 Å². The van der Waals surface area contributed by atoms with E-state index in [0.29, 0.717) is 0 Å². The maximum Gasteiger partial charge on any atom is 0.134 e. The Morgan fingerprint density at radius 1 is 1.27 bits per heavy atom. The van der Waals surface area contributed by atoms with Crippen LogP contribution in [0.2, 0.25) is 0 Å². The van der Waals surface area contributed by atoms with Gasteiger partial charge in [0.15, 0.2) is 0 Å². The second-order valence-electron chi connectivity index (χ2n) is 2.26. The Morgan fingerprint density at radius 2 is 1.91 bits per heavy atom. The van der Waals surface area contributed by atoms with Crippen LogP contribution in [0.1, 0.15) is 5.56 Å². The third-order valence-electron chi connectivity index (χ3n) is 1.36. The van der Waals surface area contributed by atoms with Crippen molar-refractivity contribution in [3.05, 3.63) is 26.6 Å². The van der Waals surface area contributed by atoms with Crippen LogP contribution in [0.3, 0.4) is 0 Å². The van der Waals surface area contributed by atoms with Gasteiger partial charge in [-0.15, -0.1) is 0 Å². The summed E-state index contributed by atoms with van der Waals surface area (Å²) in [5.41, 5.74) is 1.18. The molecule has 0 radical (unpaired) electrons. The fourth-order valence-corrected chi connectivity index (χ4v) is 1.79. The number of halogens is 2. The van der Waals surface area contributed by atoms with Crippen molar-refractivity contribution in [3.63, 3.8) is 0 Å². The molecule has 3 heteroatoms. The molecule has 0 aliphatic rings. The van der Waals surface area contributed by atoms with E-state index >= 15 is 0 Å². The quantitative estimate of drug-likeness (QED) is 0.764. The number of rotatable bonds is 1. The first-order valence-corrected chi connectivity index (χ1v) is 4.73. The van der Waals surface area contributed by atoms with E-state index in [-0.39, 0.29) is 0 Å². The lowest BCUT2D eigenvalue weighted by Crippen LogP contribution is -1.86. The molecule has 0 heterocycles. The van der Waals surface area contributed by atoms with Gasteiger partial charge in [0.25, 0.3) is 0 Å². The number of aryl methyl sites for hydroxylation is 1. The molecule has 1 aromatic rings. The summed E-state index contributed by atoms with van der Waals surface area (Å²) in [6.45, 7) is 2.03. The zero-order valence-corrected chi connectivity index (χ0v) is 9.49. The highest BCUT2D eigenvalue weighted by Crippen LogP contribution is 2.33. The van der Waals surface area contributed by atoms with E-state index in [2.05, 4.69) is 31.9 Å². The summed E-state index contributed by atoms with van der Waals surface area (Å²) in [5, 5.41) is 0. The molecule has 0 amide bonds. The van der Waals surface area contributed by atoms with Crippen molar-refractivity contribution in [2.75, 3.05) is 7.11 Å². The average molecular weight is 280 g/mol. The Morgan fingerprint density at radius 3 is 2.45 bits per heavy atom. The number of benzene rings is 1. The Labute approximate surface area is 83.0 Å². The second kappa shape index (κ2) is 3.59. The van der Waals surface area contributed by atoms with Crippen molar-refractivity contribution in [2.24, 2.45) is 0 Å². The standard InChI is InChI=1S/C8H8Br2O/c1-5-3-6(9)8(10)7(4-5)11-2/h3-4H,1-2H3. The van der Waals surface area contributed by atoms with Crippen molar-refractivity contribution < 1.29 is 4.74 Å². The summed E-state index contributed by atoms with van der Waals surface area (Å²) in [6, 6.07) is 4.02. The van der Waals surface area contributed by atoms with Crippen molar-refractivity contribution in [2.45, 2.75) is 6.92 Å². The molecule has 0 saturated carbocycles. The lowest BCUT2D eigenvalue weighted by molar-refractivity contribution is 0.411. The van der Waals surface area contributed by atoms with Gasteiger partial charge in [0.1, 0.15) is 5.75 Å². The van der Waals surface area contributed by atoms with Crippen molar-refractivity contribution >= 4 is 31.9 Å². The van der Waals surface area contributed by atoms with E-state index < -0.39 is 0 Å². The molecular weight excluding hydrogens is 272 g/mol. The lowest BCUT2D eigenvalue weighted by Gasteiger charge is -2.05. The van der Waals surface area contributed by atoms with E-state index in [1.165, 1.54) is 5.56 Å². The number of ether oxygens (including phenoxy) is 1. The molecule has 11 heavy (non-hydrogen) atoms. The molecular formula is C8H8Br2O. The van der Waals surface area contributed by atoms with E-state index in [0.717, 1.165) is 14.7 Å². The fraction of sp³-hybridized carbons (Fsp3) is 0.250. The van der Waals surface area contributed by atoms with Gasteiger partial charge in [0, 0.05) is 4.47 Å². The maximum atomic E-state index is 5.13. The normalized spacial score (nSPS) is 9.82. The zero-order valence-electron chi connectivity index (χ0n) is 6.32. The topological polar surface area (TPSA) is 9.23 Å². The minimum Gasteiger partial charge on any atom is -0.496 e. The van der Waals surface area contributed by atoms with Crippen LogP contribution in [0.5, 0.6) is 5.75 Å². The molecule has 0 atom stereocenters. The summed E-state index contributed by atoms with van der Waals surface area (Å²) in [7, 11) is 1.66. The van der Waals surface area contributed by atoms with E-state index in [1.54, 1.807) is 7.11 Å². The van der Waals surface area contributed by atoms with E-state index in [1.807, 2.05) is 19.1 Å². The smallest absolute Gasteiger partial charge is 0.134 e. The minimum atomic E-state index is 0.858. The summed E-state index contributed by atoms with van der Waals surface area (Å²) < 4.78 is 7.12. The highest BCUT2D eigenvalue weighted by molar-refractivity contribution is 9.13. The summed E-state index contributed by atoms with van der Waals surface area (Å²) in [5.74, 6) is 0.858. The predicted octanol–water partition coefficient (Wildman–Crippen LogP) is 3.53. The highest BCUT2D eigenvalue weighted by atomic mass is 79.9. The molecule has 0 aromatic heterocycles. The van der Waals surface area contributed by atoms with Crippen LogP contribution in [0.4, 0.5) is 0 Å². The zero-order chi connectivity index (χ0) is 8.43. The molecule has 60 valence electrons. The van der Waals surface area contributed by atoms with E-state index in [4.69, 9.17) is 4.74 Å². The first-order chi connectivity index (χ1) is 5.15. The van der Waals surface area contributed by atoms with Gasteiger partial charge in [-0.3, -0.25) is 0 Å². The van der Waals surface area contributed by atoms with Crippen LogP contribution < -0.4 is 4.74 Å². The van der Waals surface area contributed by atoms with Gasteiger partial charge in [-0.05, 0) is 56.5 Å². The molecule has 0 unspecified atom stereocenters. The Kier molecular flexibility index (Phi) is 2.96. The molecule has 1 nitrogen and oxygen atoms in total. The number of hydrogen-bond acceptors (Lipinski definition) is 1. The SMILES string of the molecule is COc1cc(C)cc(Br)c1Br. The Bertz CT molecular complexity index is 271. The summed E-state index contributed by atoms with van der Waals surface area (Å²) >= 11 is 6.81. The molecule has 0 N–H and O–H groups in total. The van der Waals surface area contributed by atoms with Crippen LogP contribution >= 0.6 is 31.9 Å². The Hall–Kier alpha value is -0.0200. The molecule has 0 spiro atoms. The van der Waals surface area contributed by atoms with Gasteiger partial charge in [-0.2, -0.15) is 0 Å². The molecule has 1 aromatic carbocycles. The van der Waals surface area contributed by atoms with Crippen LogP contribution in [0, 0.1) is 6.92 Å². The van der Waals surface area contributed by atoms with Crippen molar-refractivity contribution in [1.82, 2.24) is 0 Å². The van der Waals surface area contributed by atoms with E-state index in [9.17, 15) is 0 Å². The summed E-state index contributed by atoms with van der Waals surface area (Å²) in [4.78, 5) is 0. The fourth-order valence-electron chi connectivity index (χ4n) is 0.841. The minimum absolute atomic E-state index is 0.858. The third kappa shape index (κ3) is 1.97. The molecule has 0 aliphatic heterocycles. The molecule has 0 bridgehead atoms. The molecule has 0 aliphatic carbocycles. The largest absolute Gasteiger partial charge is 0.496 e. The van der Waals surface area contributed by atoms with Gasteiger partial charge in [0.2, 0.25) is 0 Å². The van der Waals surface area contributed by atoms with Crippen LogP contribution in [-0.4, -0.2) is 7.11 Å².